The lowest BCUT2D eigenvalue weighted by Gasteiger charge is -2.33. The summed E-state index contributed by atoms with van der Waals surface area (Å²) < 4.78 is 27.6. The molecule has 0 spiro atoms. The lowest BCUT2D eigenvalue weighted by atomic mass is 9.83. The Morgan fingerprint density at radius 1 is 1.05 bits per heavy atom. The number of sulfonamides is 1. The van der Waals surface area contributed by atoms with Gasteiger partial charge in [-0.2, -0.15) is 0 Å². The molecule has 124 valence electrons. The molecule has 0 unspecified atom stereocenters. The quantitative estimate of drug-likeness (QED) is 0.881. The van der Waals surface area contributed by atoms with Gasteiger partial charge in [0.25, 0.3) is 0 Å². The van der Waals surface area contributed by atoms with Crippen LogP contribution in [0.2, 0.25) is 0 Å². The van der Waals surface area contributed by atoms with Gasteiger partial charge in [-0.1, -0.05) is 25.3 Å². The first-order valence-corrected chi connectivity index (χ1v) is 9.37. The van der Waals surface area contributed by atoms with E-state index >= 15 is 0 Å². The van der Waals surface area contributed by atoms with Gasteiger partial charge in [0.05, 0.1) is 4.90 Å². The Morgan fingerprint density at radius 2 is 1.73 bits per heavy atom. The van der Waals surface area contributed by atoms with E-state index in [1.165, 1.54) is 17.5 Å². The summed E-state index contributed by atoms with van der Waals surface area (Å²) in [6, 6.07) is 5.50. The summed E-state index contributed by atoms with van der Waals surface area (Å²) in [6.07, 6.45) is 8.37. The molecular formula is C16H25ClN2O2S. The van der Waals surface area contributed by atoms with Crippen molar-refractivity contribution < 1.29 is 8.42 Å². The summed E-state index contributed by atoms with van der Waals surface area (Å²) in [7, 11) is -3.45. The largest absolute Gasteiger partial charge is 0.324 e. The topological polar surface area (TPSA) is 72.2 Å². The first-order valence-electron chi connectivity index (χ1n) is 7.89. The number of rotatable bonds is 4. The Morgan fingerprint density at radius 3 is 2.45 bits per heavy atom. The van der Waals surface area contributed by atoms with Crippen molar-refractivity contribution >= 4 is 22.4 Å². The maximum Gasteiger partial charge on any atom is 0.240 e. The van der Waals surface area contributed by atoms with Crippen molar-refractivity contribution in [3.05, 3.63) is 29.3 Å². The molecule has 1 saturated carbocycles. The van der Waals surface area contributed by atoms with Crippen LogP contribution >= 0.6 is 12.4 Å². The second kappa shape index (κ2) is 6.87. The van der Waals surface area contributed by atoms with Crippen molar-refractivity contribution in [3.63, 3.8) is 0 Å². The van der Waals surface area contributed by atoms with E-state index in [1.807, 2.05) is 12.1 Å². The van der Waals surface area contributed by atoms with Crippen molar-refractivity contribution in [2.24, 2.45) is 5.73 Å². The molecule has 0 heterocycles. The molecule has 0 amide bonds. The molecule has 0 atom stereocenters. The molecule has 22 heavy (non-hydrogen) atoms. The number of aryl methyl sites for hydroxylation is 2. The molecule has 6 heteroatoms. The zero-order valence-corrected chi connectivity index (χ0v) is 14.4. The summed E-state index contributed by atoms with van der Waals surface area (Å²) >= 11 is 0. The molecule has 0 bridgehead atoms. The first-order chi connectivity index (χ1) is 9.99. The lowest BCUT2D eigenvalue weighted by molar-refractivity contribution is 0.296. The molecule has 3 rings (SSSR count). The van der Waals surface area contributed by atoms with E-state index < -0.39 is 10.0 Å². The van der Waals surface area contributed by atoms with Gasteiger partial charge in [-0.25, -0.2) is 13.1 Å². The fraction of sp³-hybridized carbons (Fsp3) is 0.625. The highest BCUT2D eigenvalue weighted by Crippen LogP contribution is 2.27. The van der Waals surface area contributed by atoms with Crippen LogP contribution in [0.15, 0.2) is 23.1 Å². The van der Waals surface area contributed by atoms with Crippen LogP contribution in [0.1, 0.15) is 49.7 Å². The number of hydrogen-bond donors (Lipinski definition) is 2. The van der Waals surface area contributed by atoms with Crippen LogP contribution in [0.3, 0.4) is 0 Å². The average Bonchev–Trinajstić information content (AvgIpc) is 2.94. The van der Waals surface area contributed by atoms with Gasteiger partial charge in [0.15, 0.2) is 0 Å². The molecular weight excluding hydrogens is 320 g/mol. The van der Waals surface area contributed by atoms with Gasteiger partial charge in [-0.3, -0.25) is 0 Å². The molecule has 0 aliphatic heterocycles. The Kier molecular flexibility index (Phi) is 5.54. The maximum atomic E-state index is 12.5. The molecule has 0 radical (unpaired) electrons. The fourth-order valence-corrected chi connectivity index (χ4v) is 4.66. The molecule has 4 nitrogen and oxygen atoms in total. The third-order valence-electron chi connectivity index (χ3n) is 4.84. The van der Waals surface area contributed by atoms with Crippen LogP contribution in [-0.2, 0) is 22.9 Å². The Bertz CT molecular complexity index is 625. The van der Waals surface area contributed by atoms with Crippen LogP contribution in [-0.4, -0.2) is 20.5 Å². The standard InChI is InChI=1S/C16H24N2O2S.ClH/c17-16(9-2-1-3-10-16)12-18-21(19,20)15-8-7-13-5-4-6-14(13)11-15;/h7-8,11,18H,1-6,9-10,12,17H2;1H. The monoisotopic (exact) mass is 344 g/mol. The van der Waals surface area contributed by atoms with Crippen molar-refractivity contribution in [1.82, 2.24) is 4.72 Å². The van der Waals surface area contributed by atoms with Gasteiger partial charge in [-0.15, -0.1) is 12.4 Å². The second-order valence-corrected chi connectivity index (χ2v) is 8.30. The summed E-state index contributed by atoms with van der Waals surface area (Å²) in [4.78, 5) is 0.377. The molecule has 1 aromatic carbocycles. The van der Waals surface area contributed by atoms with E-state index in [4.69, 9.17) is 5.73 Å². The van der Waals surface area contributed by atoms with Gasteiger partial charge < -0.3 is 5.73 Å². The molecule has 1 aromatic rings. The number of hydrogen-bond acceptors (Lipinski definition) is 3. The highest BCUT2D eigenvalue weighted by molar-refractivity contribution is 7.89. The average molecular weight is 345 g/mol. The number of nitrogens with one attached hydrogen (secondary N) is 1. The summed E-state index contributed by atoms with van der Waals surface area (Å²) in [5.41, 5.74) is 8.40. The minimum Gasteiger partial charge on any atom is -0.324 e. The molecule has 1 fully saturated rings. The van der Waals surface area contributed by atoms with Crippen molar-refractivity contribution in [2.45, 2.75) is 61.8 Å². The molecule has 0 saturated heterocycles. The van der Waals surface area contributed by atoms with Crippen molar-refractivity contribution in [2.75, 3.05) is 6.54 Å². The first kappa shape index (κ1) is 17.7. The predicted molar refractivity (Wildman–Crippen MR) is 90.9 cm³/mol. The second-order valence-electron chi connectivity index (χ2n) is 6.53. The Balaban J connectivity index is 0.00000176. The number of nitrogens with two attached hydrogens (primary N) is 1. The van der Waals surface area contributed by atoms with E-state index in [2.05, 4.69) is 4.72 Å². The minimum atomic E-state index is -3.45. The third-order valence-corrected chi connectivity index (χ3v) is 6.24. The fourth-order valence-electron chi connectivity index (χ4n) is 3.47. The van der Waals surface area contributed by atoms with Gasteiger partial charge in [0.2, 0.25) is 10.0 Å². The van der Waals surface area contributed by atoms with E-state index in [-0.39, 0.29) is 17.9 Å². The Labute approximate surface area is 139 Å². The smallest absolute Gasteiger partial charge is 0.240 e. The zero-order valence-electron chi connectivity index (χ0n) is 12.8. The van der Waals surface area contributed by atoms with Gasteiger partial charge in [0, 0.05) is 12.1 Å². The van der Waals surface area contributed by atoms with Crippen molar-refractivity contribution in [3.8, 4) is 0 Å². The SMILES string of the molecule is Cl.NC1(CNS(=O)(=O)c2ccc3c(c2)CCC3)CCCCC1. The lowest BCUT2D eigenvalue weighted by Crippen LogP contribution is -2.51. The van der Waals surface area contributed by atoms with Gasteiger partial charge in [0.1, 0.15) is 0 Å². The normalized spacial score (nSPS) is 20.2. The Hall–Kier alpha value is -0.620. The number of halogens is 1. The summed E-state index contributed by atoms with van der Waals surface area (Å²) in [5.74, 6) is 0. The molecule has 0 aromatic heterocycles. The van der Waals surface area contributed by atoms with E-state index in [0.29, 0.717) is 11.4 Å². The van der Waals surface area contributed by atoms with Crippen molar-refractivity contribution in [1.29, 1.82) is 0 Å². The van der Waals surface area contributed by atoms with Gasteiger partial charge in [-0.05, 0) is 55.4 Å². The van der Waals surface area contributed by atoms with E-state index in [1.54, 1.807) is 6.07 Å². The molecule has 3 N–H and O–H groups in total. The number of fused-ring (bicyclic) bond motifs is 1. The van der Waals surface area contributed by atoms with Crippen LogP contribution in [0.25, 0.3) is 0 Å². The predicted octanol–water partition coefficient (Wildman–Crippen LogP) is 2.54. The van der Waals surface area contributed by atoms with Gasteiger partial charge >= 0.3 is 0 Å². The highest BCUT2D eigenvalue weighted by atomic mass is 35.5. The third kappa shape index (κ3) is 3.82. The van der Waals surface area contributed by atoms with E-state index in [0.717, 1.165) is 44.9 Å². The molecule has 2 aliphatic rings. The van der Waals surface area contributed by atoms with Crippen LogP contribution in [0.5, 0.6) is 0 Å². The van der Waals surface area contributed by atoms with E-state index in [9.17, 15) is 8.42 Å². The highest BCUT2D eigenvalue weighted by Gasteiger charge is 2.29. The number of benzene rings is 1. The minimum absolute atomic E-state index is 0. The van der Waals surface area contributed by atoms with Crippen LogP contribution in [0, 0.1) is 0 Å². The summed E-state index contributed by atoms with van der Waals surface area (Å²) in [5, 5.41) is 0. The molecule has 2 aliphatic carbocycles. The van der Waals surface area contributed by atoms with Crippen LogP contribution < -0.4 is 10.5 Å². The zero-order chi connectivity index (χ0) is 14.9. The van der Waals surface area contributed by atoms with Crippen LogP contribution in [0.4, 0.5) is 0 Å². The maximum absolute atomic E-state index is 12.5. The summed E-state index contributed by atoms with van der Waals surface area (Å²) in [6.45, 7) is 0.340.